The number of hydrogen-bond acceptors (Lipinski definition) is 5. The maximum Gasteiger partial charge on any atom is 0.305 e. The first-order chi connectivity index (χ1) is 36.0. The quantitative estimate of drug-likeness (QED) is 0.0417. The Hall–Kier alpha value is -1.14. The third-order valence-corrected chi connectivity index (χ3v) is 16.2. The predicted molar refractivity (Wildman–Crippen MR) is 320 cm³/mol. The average molecular weight is 1030 g/mol. The van der Waals surface area contributed by atoms with Gasteiger partial charge in [0.05, 0.1) is 25.4 Å². The van der Waals surface area contributed by atoms with Crippen molar-refractivity contribution < 1.29 is 24.5 Å². The average Bonchev–Trinajstić information content (AvgIpc) is 3.39. The SMILES string of the molecule is CCCCCCCCCCCCCCCC(=O)OCCCCCCCCCCCCCCCCCCCCCCCCCCCCCCCCC(=O)NC(CO)C(O)CCCCCCCCCCCCCCC. The fourth-order valence-electron chi connectivity index (χ4n) is 11.0. The molecule has 3 N–H and O–H groups in total. The van der Waals surface area contributed by atoms with Crippen molar-refractivity contribution in [1.82, 2.24) is 5.32 Å². The molecule has 2 atom stereocenters. The standard InChI is InChI=1S/C67H133NO5/c1-3-5-7-9-11-13-15-35-39-43-47-51-55-59-65(70)64(63-69)68-66(71)60-56-52-48-44-40-37-33-31-29-27-25-23-21-19-17-18-20-22-24-26-28-30-32-34-38-42-46-50-54-58-62-73-67(72)61-57-53-49-45-41-36-16-14-12-10-8-6-4-2/h64-65,69-70H,3-63H2,1-2H3,(H,68,71). The van der Waals surface area contributed by atoms with Crippen LogP contribution in [0, 0.1) is 0 Å². The topological polar surface area (TPSA) is 95.9 Å². The van der Waals surface area contributed by atoms with Crippen molar-refractivity contribution in [3.05, 3.63) is 0 Å². The lowest BCUT2D eigenvalue weighted by Gasteiger charge is -2.22. The van der Waals surface area contributed by atoms with E-state index in [-0.39, 0.29) is 18.5 Å². The molecule has 2 unspecified atom stereocenters. The number of aliphatic hydroxyl groups is 2. The fourth-order valence-corrected chi connectivity index (χ4v) is 11.0. The zero-order valence-electron chi connectivity index (χ0n) is 49.9. The molecular weight excluding hydrogens is 899 g/mol. The number of ether oxygens (including phenoxy) is 1. The lowest BCUT2D eigenvalue weighted by molar-refractivity contribution is -0.143. The van der Waals surface area contributed by atoms with Crippen LogP contribution in [0.1, 0.15) is 393 Å². The first kappa shape index (κ1) is 71.9. The largest absolute Gasteiger partial charge is 0.466 e. The van der Waals surface area contributed by atoms with Gasteiger partial charge in [-0.25, -0.2) is 0 Å². The van der Waals surface area contributed by atoms with E-state index in [0.29, 0.717) is 25.9 Å². The van der Waals surface area contributed by atoms with Crippen molar-refractivity contribution in [2.75, 3.05) is 13.2 Å². The number of esters is 1. The summed E-state index contributed by atoms with van der Waals surface area (Å²) >= 11 is 0. The molecule has 0 saturated heterocycles. The molecule has 0 heterocycles. The van der Waals surface area contributed by atoms with E-state index in [9.17, 15) is 19.8 Å². The van der Waals surface area contributed by atoms with Gasteiger partial charge in [-0.15, -0.1) is 0 Å². The van der Waals surface area contributed by atoms with E-state index in [4.69, 9.17) is 4.74 Å². The van der Waals surface area contributed by atoms with Crippen LogP contribution in [0.15, 0.2) is 0 Å². The molecule has 6 nitrogen and oxygen atoms in total. The van der Waals surface area contributed by atoms with Gasteiger partial charge in [-0.1, -0.05) is 354 Å². The molecule has 6 heteroatoms. The Morgan fingerprint density at radius 3 is 0.836 bits per heavy atom. The van der Waals surface area contributed by atoms with Gasteiger partial charge in [-0.05, 0) is 25.7 Å². The van der Waals surface area contributed by atoms with E-state index in [1.54, 1.807) is 0 Å². The molecule has 0 aromatic rings. The lowest BCUT2D eigenvalue weighted by atomic mass is 10.0. The number of carbonyl (C=O) groups excluding carboxylic acids is 2. The first-order valence-electron chi connectivity index (χ1n) is 33.8. The van der Waals surface area contributed by atoms with Crippen LogP contribution in [-0.4, -0.2) is 47.4 Å². The van der Waals surface area contributed by atoms with Crippen molar-refractivity contribution in [2.45, 2.75) is 405 Å². The molecule has 0 aliphatic heterocycles. The molecule has 0 radical (unpaired) electrons. The molecule has 0 spiro atoms. The van der Waals surface area contributed by atoms with Crippen LogP contribution < -0.4 is 5.32 Å². The van der Waals surface area contributed by atoms with Crippen LogP contribution in [0.2, 0.25) is 0 Å². The Morgan fingerprint density at radius 2 is 0.562 bits per heavy atom. The third kappa shape index (κ3) is 60.0. The molecule has 0 fully saturated rings. The van der Waals surface area contributed by atoms with E-state index in [1.807, 2.05) is 0 Å². The molecule has 0 aliphatic carbocycles. The van der Waals surface area contributed by atoms with E-state index < -0.39 is 12.1 Å². The van der Waals surface area contributed by atoms with Crippen LogP contribution in [0.3, 0.4) is 0 Å². The fraction of sp³-hybridized carbons (Fsp3) is 0.970. The second-order valence-electron chi connectivity index (χ2n) is 23.5. The second-order valence-corrected chi connectivity index (χ2v) is 23.5. The molecule has 73 heavy (non-hydrogen) atoms. The molecule has 0 aromatic heterocycles. The molecule has 1 amide bonds. The Kier molecular flexibility index (Phi) is 62.4. The van der Waals surface area contributed by atoms with Crippen molar-refractivity contribution in [2.24, 2.45) is 0 Å². The summed E-state index contributed by atoms with van der Waals surface area (Å²) in [7, 11) is 0. The third-order valence-electron chi connectivity index (χ3n) is 16.2. The highest BCUT2D eigenvalue weighted by Gasteiger charge is 2.20. The highest BCUT2D eigenvalue weighted by molar-refractivity contribution is 5.76. The van der Waals surface area contributed by atoms with Gasteiger partial charge in [0.1, 0.15) is 0 Å². The predicted octanol–water partition coefficient (Wildman–Crippen LogP) is 21.4. The normalized spacial score (nSPS) is 12.4. The summed E-state index contributed by atoms with van der Waals surface area (Å²) in [5.41, 5.74) is 0. The van der Waals surface area contributed by atoms with Gasteiger partial charge < -0.3 is 20.3 Å². The number of hydrogen-bond donors (Lipinski definition) is 3. The summed E-state index contributed by atoms with van der Waals surface area (Å²) in [5.74, 6) is -0.00582. The maximum atomic E-state index is 12.5. The lowest BCUT2D eigenvalue weighted by Crippen LogP contribution is -2.45. The molecule has 436 valence electrons. The van der Waals surface area contributed by atoms with Crippen LogP contribution in [0.4, 0.5) is 0 Å². The maximum absolute atomic E-state index is 12.5. The van der Waals surface area contributed by atoms with Gasteiger partial charge >= 0.3 is 5.97 Å². The van der Waals surface area contributed by atoms with Gasteiger partial charge in [0, 0.05) is 12.8 Å². The summed E-state index contributed by atoms with van der Waals surface area (Å²) in [6, 6.07) is -0.536. The molecule has 0 bridgehead atoms. The molecular formula is C67H133NO5. The van der Waals surface area contributed by atoms with Gasteiger partial charge in [0.25, 0.3) is 0 Å². The minimum atomic E-state index is -0.659. The van der Waals surface area contributed by atoms with Gasteiger partial charge in [0.15, 0.2) is 0 Å². The Balaban J connectivity index is 3.30. The van der Waals surface area contributed by atoms with Crippen LogP contribution in [0.25, 0.3) is 0 Å². The van der Waals surface area contributed by atoms with Crippen molar-refractivity contribution in [1.29, 1.82) is 0 Å². The number of amides is 1. The number of carbonyl (C=O) groups is 2. The first-order valence-corrected chi connectivity index (χ1v) is 33.8. The number of unbranched alkanes of at least 4 members (excludes halogenated alkanes) is 53. The highest BCUT2D eigenvalue weighted by Crippen LogP contribution is 2.19. The van der Waals surface area contributed by atoms with E-state index in [0.717, 1.165) is 38.5 Å². The monoisotopic (exact) mass is 1030 g/mol. The van der Waals surface area contributed by atoms with Crippen LogP contribution in [-0.2, 0) is 14.3 Å². The Morgan fingerprint density at radius 1 is 0.329 bits per heavy atom. The summed E-state index contributed by atoms with van der Waals surface area (Å²) < 4.78 is 5.49. The van der Waals surface area contributed by atoms with Gasteiger partial charge in [0.2, 0.25) is 5.91 Å². The minimum absolute atomic E-state index is 0.0226. The highest BCUT2D eigenvalue weighted by atomic mass is 16.5. The zero-order valence-corrected chi connectivity index (χ0v) is 49.9. The van der Waals surface area contributed by atoms with E-state index in [2.05, 4.69) is 19.2 Å². The Labute approximate surface area is 457 Å². The smallest absolute Gasteiger partial charge is 0.305 e. The second kappa shape index (κ2) is 63.4. The summed E-state index contributed by atoms with van der Waals surface area (Å²) in [5, 5.41) is 23.3. The number of nitrogens with one attached hydrogen (secondary N) is 1. The van der Waals surface area contributed by atoms with Crippen LogP contribution in [0.5, 0.6) is 0 Å². The molecule has 0 rings (SSSR count). The van der Waals surface area contributed by atoms with Crippen LogP contribution >= 0.6 is 0 Å². The molecule has 0 saturated carbocycles. The van der Waals surface area contributed by atoms with E-state index in [1.165, 1.54) is 321 Å². The van der Waals surface area contributed by atoms with Crippen molar-refractivity contribution >= 4 is 11.9 Å². The zero-order chi connectivity index (χ0) is 52.9. The molecule has 0 aliphatic rings. The van der Waals surface area contributed by atoms with Crippen molar-refractivity contribution in [3.63, 3.8) is 0 Å². The number of rotatable bonds is 64. The number of aliphatic hydroxyl groups excluding tert-OH is 2. The minimum Gasteiger partial charge on any atom is -0.466 e. The van der Waals surface area contributed by atoms with Gasteiger partial charge in [-0.2, -0.15) is 0 Å². The summed E-state index contributed by atoms with van der Waals surface area (Å²) in [6.45, 7) is 4.99. The summed E-state index contributed by atoms with van der Waals surface area (Å²) in [4.78, 5) is 24.5. The molecule has 0 aromatic carbocycles. The Bertz CT molecular complexity index is 1050. The van der Waals surface area contributed by atoms with Gasteiger partial charge in [-0.3, -0.25) is 9.59 Å². The summed E-state index contributed by atoms with van der Waals surface area (Å²) in [6.07, 6.45) is 75.8. The van der Waals surface area contributed by atoms with E-state index >= 15 is 0 Å². The van der Waals surface area contributed by atoms with Crippen molar-refractivity contribution in [3.8, 4) is 0 Å².